The highest BCUT2D eigenvalue weighted by atomic mass is 35.5. The Hall–Kier alpha value is -3.83. The number of nitrogens with zero attached hydrogens (tertiary/aromatic N) is 1. The third-order valence-corrected chi connectivity index (χ3v) is 5.16. The number of hydrogen-bond donors (Lipinski definition) is 1. The molecule has 0 radical (unpaired) electrons. The van der Waals surface area contributed by atoms with E-state index >= 15 is 0 Å². The number of rotatable bonds is 7. The van der Waals surface area contributed by atoms with Crippen molar-refractivity contribution in [2.45, 2.75) is 6.61 Å². The van der Waals surface area contributed by atoms with Crippen LogP contribution in [0.1, 0.15) is 21.5 Å². The number of carbonyl (C=O) groups excluding carboxylic acids is 1. The minimum Gasteiger partial charge on any atom is -0.493 e. The molecule has 0 heterocycles. The summed E-state index contributed by atoms with van der Waals surface area (Å²) in [6.07, 6.45) is 1.56. The van der Waals surface area contributed by atoms with Gasteiger partial charge in [0.1, 0.15) is 6.61 Å². The normalized spacial score (nSPS) is 10.9. The molecule has 1 amide bonds. The van der Waals surface area contributed by atoms with E-state index in [1.54, 1.807) is 25.5 Å². The first kappa shape index (κ1) is 21.4. The van der Waals surface area contributed by atoms with Crippen molar-refractivity contribution >= 4 is 34.5 Å². The molecular formula is C26H21ClN2O3. The summed E-state index contributed by atoms with van der Waals surface area (Å²) in [6, 6.07) is 26.3. The fourth-order valence-corrected chi connectivity index (χ4v) is 3.40. The van der Waals surface area contributed by atoms with Crippen molar-refractivity contribution in [2.75, 3.05) is 7.11 Å². The maximum absolute atomic E-state index is 12.6. The van der Waals surface area contributed by atoms with Crippen LogP contribution in [0, 0.1) is 0 Å². The summed E-state index contributed by atoms with van der Waals surface area (Å²) in [5, 5.41) is 6.66. The van der Waals surface area contributed by atoms with Crippen LogP contribution in [0.2, 0.25) is 5.02 Å². The summed E-state index contributed by atoms with van der Waals surface area (Å²) in [6.45, 7) is 0.391. The maximum Gasteiger partial charge on any atom is 0.271 e. The van der Waals surface area contributed by atoms with Crippen molar-refractivity contribution < 1.29 is 14.3 Å². The van der Waals surface area contributed by atoms with Crippen molar-refractivity contribution in [3.63, 3.8) is 0 Å². The second kappa shape index (κ2) is 9.98. The van der Waals surface area contributed by atoms with Crippen molar-refractivity contribution in [1.29, 1.82) is 0 Å². The number of halogens is 1. The minimum atomic E-state index is -0.270. The van der Waals surface area contributed by atoms with Gasteiger partial charge in [0.2, 0.25) is 0 Å². The number of hydrogen-bond acceptors (Lipinski definition) is 4. The van der Waals surface area contributed by atoms with Gasteiger partial charge in [0.25, 0.3) is 5.91 Å². The predicted octanol–water partition coefficient (Wildman–Crippen LogP) is 5.84. The zero-order chi connectivity index (χ0) is 22.3. The molecule has 6 heteroatoms. The summed E-state index contributed by atoms with van der Waals surface area (Å²) in [7, 11) is 1.58. The molecule has 0 fully saturated rings. The lowest BCUT2D eigenvalue weighted by Crippen LogP contribution is -2.17. The van der Waals surface area contributed by atoms with Gasteiger partial charge in [0, 0.05) is 10.6 Å². The van der Waals surface area contributed by atoms with E-state index in [-0.39, 0.29) is 5.91 Å². The van der Waals surface area contributed by atoms with Gasteiger partial charge in [-0.2, -0.15) is 5.10 Å². The monoisotopic (exact) mass is 444 g/mol. The highest BCUT2D eigenvalue weighted by Gasteiger charge is 2.09. The molecule has 0 aromatic heterocycles. The molecule has 0 aliphatic heterocycles. The summed E-state index contributed by atoms with van der Waals surface area (Å²) < 4.78 is 11.3. The van der Waals surface area contributed by atoms with Gasteiger partial charge in [-0.3, -0.25) is 4.79 Å². The third-order valence-electron chi connectivity index (χ3n) is 4.91. The molecule has 4 aromatic rings. The molecule has 0 saturated heterocycles. The first-order chi connectivity index (χ1) is 15.6. The van der Waals surface area contributed by atoms with Gasteiger partial charge in [-0.15, -0.1) is 0 Å². The second-order valence-corrected chi connectivity index (χ2v) is 7.49. The first-order valence-corrected chi connectivity index (χ1v) is 10.4. The van der Waals surface area contributed by atoms with Crippen molar-refractivity contribution in [3.8, 4) is 11.5 Å². The molecule has 0 saturated carbocycles. The number of benzene rings is 4. The van der Waals surface area contributed by atoms with E-state index in [4.69, 9.17) is 21.1 Å². The van der Waals surface area contributed by atoms with E-state index < -0.39 is 0 Å². The topological polar surface area (TPSA) is 59.9 Å². The van der Waals surface area contributed by atoms with E-state index in [0.717, 1.165) is 21.9 Å². The van der Waals surface area contributed by atoms with E-state index in [0.29, 0.717) is 28.7 Å². The molecule has 5 nitrogen and oxygen atoms in total. The van der Waals surface area contributed by atoms with Crippen LogP contribution < -0.4 is 14.9 Å². The van der Waals surface area contributed by atoms with Gasteiger partial charge >= 0.3 is 0 Å². The van der Waals surface area contributed by atoms with Gasteiger partial charge in [-0.25, -0.2) is 5.43 Å². The molecule has 4 aromatic carbocycles. The fraction of sp³-hybridized carbons (Fsp3) is 0.0769. The van der Waals surface area contributed by atoms with Crippen molar-refractivity contribution in [3.05, 3.63) is 107 Å². The Bertz CT molecular complexity index is 1260. The van der Waals surface area contributed by atoms with Crippen molar-refractivity contribution in [1.82, 2.24) is 5.43 Å². The van der Waals surface area contributed by atoms with Crippen LogP contribution >= 0.6 is 11.6 Å². The summed E-state index contributed by atoms with van der Waals surface area (Å²) in [4.78, 5) is 12.6. The molecule has 0 spiro atoms. The quantitative estimate of drug-likeness (QED) is 0.287. The van der Waals surface area contributed by atoms with Crippen molar-refractivity contribution in [2.24, 2.45) is 5.10 Å². The SMILES string of the molecule is COc1cc(/C=N\NC(=O)c2cccc3ccccc23)ccc1OCc1ccc(Cl)cc1. The Labute approximate surface area is 191 Å². The molecule has 4 rings (SSSR count). The van der Waals surface area contributed by atoms with Crippen LogP contribution in [-0.4, -0.2) is 19.2 Å². The molecule has 0 bridgehead atoms. The largest absolute Gasteiger partial charge is 0.493 e. The number of amides is 1. The molecule has 0 unspecified atom stereocenters. The smallest absolute Gasteiger partial charge is 0.271 e. The average molecular weight is 445 g/mol. The Kier molecular flexibility index (Phi) is 6.68. The zero-order valence-electron chi connectivity index (χ0n) is 17.4. The van der Waals surface area contributed by atoms with E-state index in [9.17, 15) is 4.79 Å². The molecule has 32 heavy (non-hydrogen) atoms. The van der Waals surface area contributed by atoms with Gasteiger partial charge < -0.3 is 9.47 Å². The lowest BCUT2D eigenvalue weighted by atomic mass is 10.0. The van der Waals surface area contributed by atoms with Gasteiger partial charge in [-0.05, 0) is 58.3 Å². The number of nitrogens with one attached hydrogen (secondary N) is 1. The van der Waals surface area contributed by atoms with Crippen LogP contribution in [0.4, 0.5) is 0 Å². The fourth-order valence-electron chi connectivity index (χ4n) is 3.27. The van der Waals surface area contributed by atoms with Crippen LogP contribution in [-0.2, 0) is 6.61 Å². The van der Waals surface area contributed by atoms with Gasteiger partial charge in [0.15, 0.2) is 11.5 Å². The summed E-state index contributed by atoms with van der Waals surface area (Å²) >= 11 is 5.92. The van der Waals surface area contributed by atoms with Crippen LogP contribution in [0.3, 0.4) is 0 Å². The van der Waals surface area contributed by atoms with E-state index in [2.05, 4.69) is 10.5 Å². The number of hydrazone groups is 1. The number of carbonyl (C=O) groups is 1. The number of methoxy groups -OCH3 is 1. The van der Waals surface area contributed by atoms with Crippen LogP contribution in [0.25, 0.3) is 10.8 Å². The molecular weight excluding hydrogens is 424 g/mol. The Morgan fingerprint density at radius 1 is 0.969 bits per heavy atom. The predicted molar refractivity (Wildman–Crippen MR) is 128 cm³/mol. The zero-order valence-corrected chi connectivity index (χ0v) is 18.2. The standard InChI is InChI=1S/C26H21ClN2O3/c1-31-25-15-19(11-14-24(25)32-17-18-9-12-21(27)13-10-18)16-28-29-26(30)23-8-4-6-20-5-2-3-7-22(20)23/h2-16H,17H2,1H3,(H,29,30)/b28-16-. The lowest BCUT2D eigenvalue weighted by Gasteiger charge is -2.11. The highest BCUT2D eigenvalue weighted by Crippen LogP contribution is 2.28. The van der Waals surface area contributed by atoms with Crippen LogP contribution in [0.5, 0.6) is 11.5 Å². The first-order valence-electron chi connectivity index (χ1n) is 10.0. The second-order valence-electron chi connectivity index (χ2n) is 7.05. The summed E-state index contributed by atoms with van der Waals surface area (Å²) in [5.74, 6) is 0.913. The highest BCUT2D eigenvalue weighted by molar-refractivity contribution is 6.30. The Morgan fingerprint density at radius 2 is 1.75 bits per heavy atom. The molecule has 0 aliphatic rings. The Morgan fingerprint density at radius 3 is 2.56 bits per heavy atom. The molecule has 160 valence electrons. The van der Waals surface area contributed by atoms with Gasteiger partial charge in [-0.1, -0.05) is 60.1 Å². The molecule has 1 N–H and O–H groups in total. The third kappa shape index (κ3) is 5.07. The molecule has 0 aliphatic carbocycles. The van der Waals surface area contributed by atoms with Crippen LogP contribution in [0.15, 0.2) is 90.0 Å². The maximum atomic E-state index is 12.6. The number of fused-ring (bicyclic) bond motifs is 1. The Balaban J connectivity index is 1.42. The lowest BCUT2D eigenvalue weighted by molar-refractivity contribution is 0.0957. The molecule has 0 atom stereocenters. The van der Waals surface area contributed by atoms with E-state index in [1.165, 1.54) is 0 Å². The minimum absolute atomic E-state index is 0.270. The number of ether oxygens (including phenoxy) is 2. The van der Waals surface area contributed by atoms with Gasteiger partial charge in [0.05, 0.1) is 13.3 Å². The summed E-state index contributed by atoms with van der Waals surface area (Å²) in [5.41, 5.74) is 4.92. The van der Waals surface area contributed by atoms with E-state index in [1.807, 2.05) is 72.8 Å². The average Bonchev–Trinajstić information content (AvgIpc) is 2.83.